The third-order valence-corrected chi connectivity index (χ3v) is 4.04. The summed E-state index contributed by atoms with van der Waals surface area (Å²) in [6.45, 7) is 6.45. The first-order valence-corrected chi connectivity index (χ1v) is 6.82. The van der Waals surface area contributed by atoms with Gasteiger partial charge in [0.25, 0.3) is 0 Å². The lowest BCUT2D eigenvalue weighted by Crippen LogP contribution is -2.04. The summed E-state index contributed by atoms with van der Waals surface area (Å²) in [5, 5.41) is 8.97. The molecule has 3 atom stereocenters. The van der Waals surface area contributed by atoms with Gasteiger partial charge in [0.05, 0.1) is 5.92 Å². The molecule has 1 aliphatic carbocycles. The average molecular weight is 246 g/mol. The Labute approximate surface area is 109 Å². The quantitative estimate of drug-likeness (QED) is 0.855. The summed E-state index contributed by atoms with van der Waals surface area (Å²) in [5.74, 6) is 0.214. The second kappa shape index (κ2) is 5.13. The van der Waals surface area contributed by atoms with Crippen molar-refractivity contribution in [1.29, 1.82) is 0 Å². The van der Waals surface area contributed by atoms with Crippen LogP contribution < -0.4 is 0 Å². The number of carboxylic acids is 1. The molecule has 2 nitrogen and oxygen atoms in total. The topological polar surface area (TPSA) is 37.3 Å². The van der Waals surface area contributed by atoms with E-state index in [9.17, 15) is 4.79 Å². The van der Waals surface area contributed by atoms with E-state index in [0.717, 1.165) is 19.3 Å². The summed E-state index contributed by atoms with van der Waals surface area (Å²) in [4.78, 5) is 10.9. The van der Waals surface area contributed by atoms with E-state index in [1.54, 1.807) is 0 Å². The third kappa shape index (κ3) is 2.92. The van der Waals surface area contributed by atoms with Gasteiger partial charge in [-0.2, -0.15) is 0 Å². The van der Waals surface area contributed by atoms with Gasteiger partial charge in [-0.25, -0.2) is 0 Å². The minimum absolute atomic E-state index is 0.0787. The van der Waals surface area contributed by atoms with Crippen LogP contribution in [0.2, 0.25) is 0 Å². The predicted molar refractivity (Wildman–Crippen MR) is 72.8 cm³/mol. The lowest BCUT2D eigenvalue weighted by atomic mass is 9.89. The summed E-state index contributed by atoms with van der Waals surface area (Å²) in [7, 11) is 0. The van der Waals surface area contributed by atoms with Crippen molar-refractivity contribution in [3.8, 4) is 0 Å². The van der Waals surface area contributed by atoms with Crippen molar-refractivity contribution in [2.75, 3.05) is 0 Å². The van der Waals surface area contributed by atoms with Gasteiger partial charge in [0.1, 0.15) is 0 Å². The van der Waals surface area contributed by atoms with Crippen LogP contribution in [0.3, 0.4) is 0 Å². The highest BCUT2D eigenvalue weighted by Gasteiger charge is 2.43. The largest absolute Gasteiger partial charge is 0.481 e. The molecular formula is C16H22O2. The highest BCUT2D eigenvalue weighted by atomic mass is 16.4. The maximum absolute atomic E-state index is 10.9. The zero-order chi connectivity index (χ0) is 13.3. The van der Waals surface area contributed by atoms with Crippen molar-refractivity contribution in [3.63, 3.8) is 0 Å². The van der Waals surface area contributed by atoms with E-state index in [2.05, 4.69) is 39.0 Å². The molecule has 0 heterocycles. The molecule has 1 N–H and O–H groups in total. The molecule has 18 heavy (non-hydrogen) atoms. The maximum atomic E-state index is 10.9. The van der Waals surface area contributed by atoms with Gasteiger partial charge in [0, 0.05) is 0 Å². The Balaban J connectivity index is 2.07. The fraction of sp³-hybridized carbons (Fsp3) is 0.562. The van der Waals surface area contributed by atoms with Gasteiger partial charge < -0.3 is 5.11 Å². The smallest absolute Gasteiger partial charge is 0.306 e. The second-order valence-corrected chi connectivity index (χ2v) is 5.70. The lowest BCUT2D eigenvalue weighted by molar-refractivity contribution is -0.138. The van der Waals surface area contributed by atoms with E-state index >= 15 is 0 Å². The van der Waals surface area contributed by atoms with Crippen LogP contribution in [-0.4, -0.2) is 11.1 Å². The number of benzene rings is 1. The molecule has 1 aromatic carbocycles. The number of aryl methyl sites for hydroxylation is 2. The van der Waals surface area contributed by atoms with Crippen LogP contribution in [0.1, 0.15) is 48.8 Å². The van der Waals surface area contributed by atoms with Gasteiger partial charge in [-0.05, 0) is 50.5 Å². The van der Waals surface area contributed by atoms with E-state index in [0.29, 0.717) is 11.8 Å². The summed E-state index contributed by atoms with van der Waals surface area (Å²) < 4.78 is 0. The van der Waals surface area contributed by atoms with Gasteiger partial charge in [-0.3, -0.25) is 4.79 Å². The number of carbonyl (C=O) groups is 1. The highest BCUT2D eigenvalue weighted by Crippen LogP contribution is 2.46. The lowest BCUT2D eigenvalue weighted by Gasteiger charge is -2.16. The minimum Gasteiger partial charge on any atom is -0.481 e. The van der Waals surface area contributed by atoms with E-state index in [-0.39, 0.29) is 5.92 Å². The van der Waals surface area contributed by atoms with Gasteiger partial charge in [-0.1, -0.05) is 36.2 Å². The third-order valence-electron chi connectivity index (χ3n) is 4.04. The van der Waals surface area contributed by atoms with Gasteiger partial charge >= 0.3 is 5.97 Å². The number of hydrogen-bond donors (Lipinski definition) is 1. The van der Waals surface area contributed by atoms with Crippen LogP contribution >= 0.6 is 0 Å². The molecule has 98 valence electrons. The second-order valence-electron chi connectivity index (χ2n) is 5.70. The van der Waals surface area contributed by atoms with Crippen LogP contribution in [0, 0.1) is 25.7 Å². The number of rotatable bonds is 5. The Morgan fingerprint density at radius 3 is 2.39 bits per heavy atom. The number of aliphatic carboxylic acids is 1. The van der Waals surface area contributed by atoms with Crippen LogP contribution in [0.25, 0.3) is 0 Å². The van der Waals surface area contributed by atoms with Crippen molar-refractivity contribution in [2.45, 2.75) is 46.0 Å². The molecule has 0 aliphatic heterocycles. The number of carboxylic acid groups (broad SMARTS) is 1. The van der Waals surface area contributed by atoms with Crippen molar-refractivity contribution < 1.29 is 9.90 Å². The zero-order valence-corrected chi connectivity index (χ0v) is 11.4. The monoisotopic (exact) mass is 246 g/mol. The van der Waals surface area contributed by atoms with Crippen LogP contribution in [0.5, 0.6) is 0 Å². The van der Waals surface area contributed by atoms with Gasteiger partial charge in [0.15, 0.2) is 0 Å². The zero-order valence-electron chi connectivity index (χ0n) is 11.4. The molecule has 0 bridgehead atoms. The summed E-state index contributed by atoms with van der Waals surface area (Å²) >= 11 is 0. The maximum Gasteiger partial charge on any atom is 0.306 e. The van der Waals surface area contributed by atoms with E-state index in [1.807, 2.05) is 0 Å². The van der Waals surface area contributed by atoms with Gasteiger partial charge in [-0.15, -0.1) is 0 Å². The standard InChI is InChI=1S/C16H22O2/c1-4-12(8-14-9-15(14)16(17)18)13-6-10(2)5-11(3)7-13/h5-7,12,14-15H,4,8-9H2,1-3H3,(H,17,18). The molecule has 0 saturated heterocycles. The molecule has 1 fully saturated rings. The Morgan fingerprint density at radius 2 is 1.94 bits per heavy atom. The van der Waals surface area contributed by atoms with E-state index in [4.69, 9.17) is 5.11 Å². The molecule has 0 spiro atoms. The van der Waals surface area contributed by atoms with Crippen LogP contribution in [0.15, 0.2) is 18.2 Å². The Hall–Kier alpha value is -1.31. The fourth-order valence-corrected chi connectivity index (χ4v) is 2.96. The molecule has 0 aromatic heterocycles. The molecule has 2 heteroatoms. The van der Waals surface area contributed by atoms with Crippen molar-refractivity contribution >= 4 is 5.97 Å². The first-order valence-electron chi connectivity index (χ1n) is 6.82. The van der Waals surface area contributed by atoms with E-state index < -0.39 is 5.97 Å². The summed E-state index contributed by atoms with van der Waals surface area (Å²) in [5.41, 5.74) is 3.98. The van der Waals surface area contributed by atoms with E-state index in [1.165, 1.54) is 16.7 Å². The summed E-state index contributed by atoms with van der Waals surface area (Å²) in [6.07, 6.45) is 2.98. The molecule has 1 aliphatic rings. The minimum atomic E-state index is -0.615. The van der Waals surface area contributed by atoms with Crippen LogP contribution in [0.4, 0.5) is 0 Å². The summed E-state index contributed by atoms with van der Waals surface area (Å²) in [6, 6.07) is 6.69. The number of hydrogen-bond acceptors (Lipinski definition) is 1. The Kier molecular flexibility index (Phi) is 3.74. The normalized spacial score (nSPS) is 23.7. The van der Waals surface area contributed by atoms with Gasteiger partial charge in [0.2, 0.25) is 0 Å². The Bertz CT molecular complexity index is 430. The van der Waals surface area contributed by atoms with Crippen LogP contribution in [-0.2, 0) is 4.79 Å². The van der Waals surface area contributed by atoms with Crippen molar-refractivity contribution in [3.05, 3.63) is 34.9 Å². The van der Waals surface area contributed by atoms with Crippen molar-refractivity contribution in [2.24, 2.45) is 11.8 Å². The Morgan fingerprint density at radius 1 is 1.33 bits per heavy atom. The average Bonchev–Trinajstić information content (AvgIpc) is 3.03. The molecular weight excluding hydrogens is 224 g/mol. The first-order chi connectivity index (χ1) is 8.51. The predicted octanol–water partition coefficient (Wildman–Crippen LogP) is 3.91. The molecule has 3 unspecified atom stereocenters. The fourth-order valence-electron chi connectivity index (χ4n) is 2.96. The van der Waals surface area contributed by atoms with Crippen molar-refractivity contribution in [1.82, 2.24) is 0 Å². The first kappa shape index (κ1) is 13.1. The highest BCUT2D eigenvalue weighted by molar-refractivity contribution is 5.73. The molecule has 1 saturated carbocycles. The molecule has 0 radical (unpaired) electrons. The molecule has 2 rings (SSSR count). The molecule has 0 amide bonds. The SMILES string of the molecule is CCC(CC1CC1C(=O)O)c1cc(C)cc(C)c1. The molecule has 1 aromatic rings.